The van der Waals surface area contributed by atoms with E-state index < -0.39 is 23.1 Å². The van der Waals surface area contributed by atoms with Crippen LogP contribution in [0.1, 0.15) is 70.8 Å². The maximum Gasteiger partial charge on any atom is 0.416 e. The fourth-order valence-electron chi connectivity index (χ4n) is 5.40. The highest BCUT2D eigenvalue weighted by Crippen LogP contribution is 2.39. The average Bonchev–Trinajstić information content (AvgIpc) is 2.83. The fourth-order valence-corrected chi connectivity index (χ4v) is 5.40. The summed E-state index contributed by atoms with van der Waals surface area (Å²) in [6.45, 7) is 4.45. The molecule has 2 saturated carbocycles. The summed E-state index contributed by atoms with van der Waals surface area (Å²) >= 11 is 0. The molecule has 2 aliphatic carbocycles. The number of fused-ring (bicyclic) bond motifs is 1. The Balaban J connectivity index is 1.10. The summed E-state index contributed by atoms with van der Waals surface area (Å²) in [5.41, 5.74) is 0.125. The van der Waals surface area contributed by atoms with E-state index >= 15 is 0 Å². The van der Waals surface area contributed by atoms with Gasteiger partial charge in [0.15, 0.2) is 0 Å². The van der Waals surface area contributed by atoms with Crippen LogP contribution >= 0.6 is 0 Å². The van der Waals surface area contributed by atoms with E-state index in [-0.39, 0.29) is 0 Å². The highest BCUT2D eigenvalue weighted by molar-refractivity contribution is 5.91. The normalized spacial score (nSPS) is 31.5. The van der Waals surface area contributed by atoms with Gasteiger partial charge in [-0.2, -0.15) is 13.2 Å². The molecule has 0 unspecified atom stereocenters. The first kappa shape index (κ1) is 24.7. The molecule has 0 radical (unpaired) electrons. The van der Waals surface area contributed by atoms with Crippen molar-refractivity contribution in [2.75, 3.05) is 11.9 Å². The first-order valence-electron chi connectivity index (χ1n) is 12.6. The Bertz CT molecular complexity index is 1020. The van der Waals surface area contributed by atoms with Crippen molar-refractivity contribution in [1.29, 1.82) is 0 Å². The van der Waals surface area contributed by atoms with Crippen molar-refractivity contribution in [3.05, 3.63) is 36.0 Å². The third-order valence-corrected chi connectivity index (χ3v) is 7.48. The molecule has 9 heteroatoms. The van der Waals surface area contributed by atoms with Gasteiger partial charge in [0.25, 0.3) is 0 Å². The smallest absolute Gasteiger partial charge is 0.382 e. The molecule has 35 heavy (non-hydrogen) atoms. The van der Waals surface area contributed by atoms with Crippen LogP contribution in [0.25, 0.3) is 10.9 Å². The zero-order valence-electron chi connectivity index (χ0n) is 20.3. The maximum atomic E-state index is 13.0. The van der Waals surface area contributed by atoms with Crippen molar-refractivity contribution in [3.8, 4) is 0 Å². The number of nitrogens with zero attached hydrogens (tertiary/aromatic N) is 1. The number of hydrogen-bond acceptors (Lipinski definition) is 6. The Kier molecular flexibility index (Phi) is 6.72. The topological polar surface area (TPSA) is 64.6 Å². The van der Waals surface area contributed by atoms with Crippen molar-refractivity contribution < 1.29 is 27.7 Å². The van der Waals surface area contributed by atoms with E-state index in [1.807, 2.05) is 19.9 Å². The van der Waals surface area contributed by atoms with Crippen LogP contribution in [-0.4, -0.2) is 41.1 Å². The highest BCUT2D eigenvalue weighted by Gasteiger charge is 2.45. The van der Waals surface area contributed by atoms with Crippen LogP contribution in [0.4, 0.5) is 18.9 Å². The molecule has 1 aromatic carbocycles. The zero-order valence-corrected chi connectivity index (χ0v) is 20.3. The molecule has 1 saturated heterocycles. The largest absolute Gasteiger partial charge is 0.416 e. The summed E-state index contributed by atoms with van der Waals surface area (Å²) in [6, 6.07) is 6.82. The number of halogens is 3. The molecule has 0 bridgehead atoms. The van der Waals surface area contributed by atoms with E-state index in [4.69, 9.17) is 14.5 Å². The van der Waals surface area contributed by atoms with Gasteiger partial charge in [0, 0.05) is 48.2 Å². The van der Waals surface area contributed by atoms with Gasteiger partial charge >= 0.3 is 6.18 Å². The first-order chi connectivity index (χ1) is 16.6. The predicted molar refractivity (Wildman–Crippen MR) is 127 cm³/mol. The minimum absolute atomic E-state index is 0.292. The maximum absolute atomic E-state index is 13.0. The first-order valence-corrected chi connectivity index (χ1v) is 12.6. The van der Waals surface area contributed by atoms with Crippen molar-refractivity contribution in [3.63, 3.8) is 0 Å². The number of nitrogens with one attached hydrogen (secondary N) is 2. The molecule has 2 aromatic rings. The zero-order chi connectivity index (χ0) is 24.7. The molecule has 1 aliphatic heterocycles. The highest BCUT2D eigenvalue weighted by atomic mass is 19.4. The Hall–Kier alpha value is -1.94. The molecule has 5 rings (SSSR count). The molecule has 0 amide bonds. The number of alkyl halides is 3. The fraction of sp³-hybridized carbons (Fsp3) is 0.654. The quantitative estimate of drug-likeness (QED) is 0.513. The Morgan fingerprint density at radius 3 is 2.26 bits per heavy atom. The van der Waals surface area contributed by atoms with Crippen molar-refractivity contribution >= 4 is 16.6 Å². The number of rotatable bonds is 4. The average molecular weight is 494 g/mol. The van der Waals surface area contributed by atoms with Gasteiger partial charge in [0.2, 0.25) is 5.79 Å². The van der Waals surface area contributed by atoms with E-state index in [0.717, 1.165) is 74.6 Å². The number of aromatic nitrogens is 1. The summed E-state index contributed by atoms with van der Waals surface area (Å²) < 4.78 is 45.2. The van der Waals surface area contributed by atoms with E-state index in [1.165, 1.54) is 6.07 Å². The van der Waals surface area contributed by atoms with Gasteiger partial charge in [0.1, 0.15) is 5.60 Å². The van der Waals surface area contributed by atoms with Crippen LogP contribution in [0.5, 0.6) is 0 Å². The molecule has 3 aliphatic rings. The second kappa shape index (κ2) is 9.50. The molecule has 1 spiro atoms. The van der Waals surface area contributed by atoms with Crippen molar-refractivity contribution in [2.24, 2.45) is 0 Å². The lowest BCUT2D eigenvalue weighted by Gasteiger charge is -2.45. The third-order valence-electron chi connectivity index (χ3n) is 7.48. The molecule has 3 fully saturated rings. The minimum atomic E-state index is -4.37. The van der Waals surface area contributed by atoms with E-state index in [1.54, 1.807) is 6.20 Å². The lowest BCUT2D eigenvalue weighted by Crippen LogP contribution is -2.53. The molecule has 0 atom stereocenters. The number of ether oxygens (including phenoxy) is 1. The van der Waals surface area contributed by atoms with Crippen molar-refractivity contribution in [1.82, 2.24) is 10.3 Å². The number of pyridine rings is 1. The van der Waals surface area contributed by atoms with Gasteiger partial charge in [-0.1, -0.05) is 6.07 Å². The second-order valence-corrected chi connectivity index (χ2v) is 10.8. The standard InChI is InChI=1S/C26H34F3N3O3/c1-24(2)16-33-25(35-34-24)12-9-20(10-13-25)31-18-4-6-19(7-5-18)32-22-11-14-30-23-15-17(26(27,28)29)3-8-21(22)23/h3,8,11,14-15,18-20,31H,4-7,9-10,12-13,16H2,1-2H3,(H,30,32)/t18-,19-,20?,25?. The number of benzene rings is 1. The molecule has 1 aromatic heterocycles. The van der Waals surface area contributed by atoms with Gasteiger partial charge in [0.05, 0.1) is 17.7 Å². The predicted octanol–water partition coefficient (Wildman–Crippen LogP) is 5.96. The monoisotopic (exact) mass is 493 g/mol. The van der Waals surface area contributed by atoms with E-state index in [0.29, 0.717) is 30.2 Å². The summed E-state index contributed by atoms with van der Waals surface area (Å²) in [4.78, 5) is 15.4. The van der Waals surface area contributed by atoms with Crippen LogP contribution in [0, 0.1) is 0 Å². The Morgan fingerprint density at radius 2 is 1.60 bits per heavy atom. The Labute approximate surface area is 203 Å². The lowest BCUT2D eigenvalue weighted by molar-refractivity contribution is -0.511. The van der Waals surface area contributed by atoms with Gasteiger partial charge < -0.3 is 15.4 Å². The summed E-state index contributed by atoms with van der Waals surface area (Å²) in [5.74, 6) is -0.594. The van der Waals surface area contributed by atoms with Gasteiger partial charge in [-0.05, 0) is 70.6 Å². The van der Waals surface area contributed by atoms with Gasteiger partial charge in [-0.15, -0.1) is 0 Å². The molecular weight excluding hydrogens is 459 g/mol. The molecular formula is C26H34F3N3O3. The summed E-state index contributed by atoms with van der Waals surface area (Å²) in [6.07, 6.45) is 4.96. The second-order valence-electron chi connectivity index (χ2n) is 10.8. The van der Waals surface area contributed by atoms with Crippen LogP contribution in [0.2, 0.25) is 0 Å². The van der Waals surface area contributed by atoms with E-state index in [9.17, 15) is 13.2 Å². The van der Waals surface area contributed by atoms with Crippen LogP contribution in [0.15, 0.2) is 30.5 Å². The van der Waals surface area contributed by atoms with Crippen LogP contribution in [-0.2, 0) is 20.7 Å². The third kappa shape index (κ3) is 5.74. The number of anilines is 1. The SMILES string of the molecule is CC1(C)COC2(CCC(N[C@H]3CC[C@H](Nc4ccnc5cc(C(F)(F)F)ccc45)CC3)CC2)OO1. The van der Waals surface area contributed by atoms with Gasteiger partial charge in [-0.3, -0.25) is 4.98 Å². The molecule has 2 N–H and O–H groups in total. The van der Waals surface area contributed by atoms with Crippen LogP contribution in [0.3, 0.4) is 0 Å². The molecule has 192 valence electrons. The Morgan fingerprint density at radius 1 is 0.914 bits per heavy atom. The minimum Gasteiger partial charge on any atom is -0.382 e. The van der Waals surface area contributed by atoms with Gasteiger partial charge in [-0.25, -0.2) is 9.78 Å². The van der Waals surface area contributed by atoms with Crippen molar-refractivity contribution in [2.45, 2.75) is 101 Å². The lowest BCUT2D eigenvalue weighted by atomic mass is 9.86. The molecule has 6 nitrogen and oxygen atoms in total. The summed E-state index contributed by atoms with van der Waals surface area (Å²) in [5, 5.41) is 8.11. The molecule has 2 heterocycles. The summed E-state index contributed by atoms with van der Waals surface area (Å²) in [7, 11) is 0. The van der Waals surface area contributed by atoms with E-state index in [2.05, 4.69) is 15.6 Å². The number of hydrogen-bond donors (Lipinski definition) is 2. The van der Waals surface area contributed by atoms with Crippen LogP contribution < -0.4 is 10.6 Å².